The van der Waals surface area contributed by atoms with Crippen LogP contribution in [0.5, 0.6) is 0 Å². The SMILES string of the molecule is Cc1ccc(CO/N=C\[C@H]([N+](=O)[O-])S(=O)(=O)c2ccccc2)cc1. The fourth-order valence-corrected chi connectivity index (χ4v) is 3.14. The van der Waals surface area contributed by atoms with E-state index in [0.717, 1.165) is 11.1 Å². The quantitative estimate of drug-likeness (QED) is 0.435. The van der Waals surface area contributed by atoms with Gasteiger partial charge in [-0.05, 0) is 24.6 Å². The number of sulfone groups is 1. The van der Waals surface area contributed by atoms with Crippen molar-refractivity contribution < 1.29 is 18.2 Å². The predicted molar refractivity (Wildman–Crippen MR) is 88.9 cm³/mol. The third-order valence-electron chi connectivity index (χ3n) is 3.21. The van der Waals surface area contributed by atoms with Gasteiger partial charge in [0.15, 0.2) is 0 Å². The van der Waals surface area contributed by atoms with E-state index in [2.05, 4.69) is 5.16 Å². The third-order valence-corrected chi connectivity index (χ3v) is 5.07. The van der Waals surface area contributed by atoms with Crippen LogP contribution in [0.25, 0.3) is 0 Å². The first kappa shape index (κ1) is 17.6. The van der Waals surface area contributed by atoms with E-state index in [9.17, 15) is 18.5 Å². The van der Waals surface area contributed by atoms with E-state index in [4.69, 9.17) is 4.84 Å². The summed E-state index contributed by atoms with van der Waals surface area (Å²) in [6, 6.07) is 14.7. The Kier molecular flexibility index (Phi) is 5.64. The van der Waals surface area contributed by atoms with Crippen molar-refractivity contribution in [3.05, 3.63) is 75.8 Å². The Balaban J connectivity index is 2.08. The highest BCUT2D eigenvalue weighted by molar-refractivity contribution is 7.92. The van der Waals surface area contributed by atoms with Crippen molar-refractivity contribution in [1.82, 2.24) is 0 Å². The molecule has 0 N–H and O–H groups in total. The van der Waals surface area contributed by atoms with Gasteiger partial charge >= 0.3 is 5.37 Å². The fraction of sp³-hybridized carbons (Fsp3) is 0.188. The number of nitrogens with zero attached hydrogens (tertiary/aromatic N) is 2. The lowest BCUT2D eigenvalue weighted by Crippen LogP contribution is -2.31. The number of aryl methyl sites for hydroxylation is 1. The first-order chi connectivity index (χ1) is 11.4. The van der Waals surface area contributed by atoms with Crippen molar-refractivity contribution in [2.75, 3.05) is 0 Å². The molecule has 0 fully saturated rings. The summed E-state index contributed by atoms with van der Waals surface area (Å²) in [5.74, 6) is 0. The summed E-state index contributed by atoms with van der Waals surface area (Å²) >= 11 is 0. The van der Waals surface area contributed by atoms with Crippen LogP contribution in [0.4, 0.5) is 0 Å². The van der Waals surface area contributed by atoms with E-state index >= 15 is 0 Å². The van der Waals surface area contributed by atoms with Crippen LogP contribution >= 0.6 is 0 Å². The summed E-state index contributed by atoms with van der Waals surface area (Å²) in [6.45, 7) is 2.03. The summed E-state index contributed by atoms with van der Waals surface area (Å²) in [5, 5.41) is 12.6. The Labute approximate surface area is 139 Å². The maximum absolute atomic E-state index is 12.3. The summed E-state index contributed by atoms with van der Waals surface area (Å²) in [4.78, 5) is 15.0. The van der Waals surface area contributed by atoms with Gasteiger partial charge in [0.05, 0.1) is 4.90 Å². The number of hydrogen-bond acceptors (Lipinski definition) is 6. The van der Waals surface area contributed by atoms with E-state index in [-0.39, 0.29) is 11.5 Å². The second kappa shape index (κ2) is 7.69. The molecule has 0 amide bonds. The molecule has 0 aliphatic rings. The fourth-order valence-electron chi connectivity index (χ4n) is 1.89. The van der Waals surface area contributed by atoms with Crippen LogP contribution in [0.3, 0.4) is 0 Å². The minimum atomic E-state index is -4.18. The molecule has 0 bridgehead atoms. The van der Waals surface area contributed by atoms with Crippen LogP contribution in [-0.2, 0) is 21.3 Å². The maximum atomic E-state index is 12.3. The van der Waals surface area contributed by atoms with E-state index in [1.165, 1.54) is 24.3 Å². The normalized spacial score (nSPS) is 12.9. The molecule has 0 aliphatic heterocycles. The molecule has 126 valence electrons. The smallest absolute Gasteiger partial charge is 0.352 e. The zero-order valence-electron chi connectivity index (χ0n) is 12.9. The topological polar surface area (TPSA) is 98.9 Å². The molecule has 2 rings (SSSR count). The predicted octanol–water partition coefficient (Wildman–Crippen LogP) is 2.57. The summed E-state index contributed by atoms with van der Waals surface area (Å²) < 4.78 is 24.6. The lowest BCUT2D eigenvalue weighted by molar-refractivity contribution is -0.478. The Morgan fingerprint density at radius 2 is 1.79 bits per heavy atom. The second-order valence-corrected chi connectivity index (χ2v) is 7.09. The molecule has 2 aromatic carbocycles. The molecule has 0 heterocycles. The van der Waals surface area contributed by atoms with E-state index in [0.29, 0.717) is 6.21 Å². The average molecular weight is 348 g/mol. The van der Waals surface area contributed by atoms with Gasteiger partial charge in [0.1, 0.15) is 12.8 Å². The molecule has 0 radical (unpaired) electrons. The molecule has 2 aromatic rings. The average Bonchev–Trinajstić information content (AvgIpc) is 2.56. The Morgan fingerprint density at radius 3 is 2.38 bits per heavy atom. The maximum Gasteiger partial charge on any atom is 0.352 e. The summed E-state index contributed by atoms with van der Waals surface area (Å²) in [7, 11) is -4.18. The first-order valence-corrected chi connectivity index (χ1v) is 8.59. The van der Waals surface area contributed by atoms with Crippen molar-refractivity contribution in [3.8, 4) is 0 Å². The molecule has 0 aromatic heterocycles. The van der Waals surface area contributed by atoms with Crippen LogP contribution in [0, 0.1) is 17.0 Å². The van der Waals surface area contributed by atoms with Gasteiger partial charge in [0.25, 0.3) is 9.84 Å². The van der Waals surface area contributed by atoms with Crippen molar-refractivity contribution in [2.24, 2.45) is 5.16 Å². The van der Waals surface area contributed by atoms with E-state index < -0.39 is 20.1 Å². The number of hydrogen-bond donors (Lipinski definition) is 0. The molecule has 0 saturated heterocycles. The van der Waals surface area contributed by atoms with Crippen LogP contribution in [0.2, 0.25) is 0 Å². The largest absolute Gasteiger partial charge is 0.391 e. The number of rotatable bonds is 7. The molecule has 1 atom stereocenters. The number of nitro groups is 1. The van der Waals surface area contributed by atoms with Gasteiger partial charge in [-0.15, -0.1) is 0 Å². The second-order valence-electron chi connectivity index (χ2n) is 5.05. The van der Waals surface area contributed by atoms with Gasteiger partial charge < -0.3 is 4.84 Å². The van der Waals surface area contributed by atoms with Crippen molar-refractivity contribution in [2.45, 2.75) is 23.8 Å². The van der Waals surface area contributed by atoms with Crippen molar-refractivity contribution in [3.63, 3.8) is 0 Å². The number of benzene rings is 2. The molecule has 0 aliphatic carbocycles. The van der Waals surface area contributed by atoms with Crippen LogP contribution in [-0.4, -0.2) is 24.9 Å². The van der Waals surface area contributed by atoms with Gasteiger partial charge in [-0.25, -0.2) is 8.42 Å². The summed E-state index contributed by atoms with van der Waals surface area (Å²) in [6.07, 6.45) is 0.691. The standard InChI is InChI=1S/C16H16N2O5S/c1-13-7-9-14(10-8-13)12-23-17-11-16(18(19)20)24(21,22)15-5-3-2-4-6-15/h2-11,16H,12H2,1H3/b17-11-/t16-/m1/s1. The zero-order chi connectivity index (χ0) is 17.6. The van der Waals surface area contributed by atoms with Crippen LogP contribution in [0.1, 0.15) is 11.1 Å². The van der Waals surface area contributed by atoms with E-state index in [1.807, 2.05) is 31.2 Å². The van der Waals surface area contributed by atoms with Gasteiger partial charge in [-0.3, -0.25) is 10.1 Å². The first-order valence-electron chi connectivity index (χ1n) is 7.04. The molecule has 7 nitrogen and oxygen atoms in total. The van der Waals surface area contributed by atoms with Gasteiger partial charge in [-0.1, -0.05) is 53.2 Å². The molecule has 0 spiro atoms. The molecule has 0 unspecified atom stereocenters. The summed E-state index contributed by atoms with van der Waals surface area (Å²) in [5.41, 5.74) is 1.91. The van der Waals surface area contributed by atoms with Crippen molar-refractivity contribution >= 4 is 16.1 Å². The monoisotopic (exact) mass is 348 g/mol. The van der Waals surface area contributed by atoms with Crippen LogP contribution in [0.15, 0.2) is 64.6 Å². The lowest BCUT2D eigenvalue weighted by atomic mass is 10.2. The highest BCUT2D eigenvalue weighted by Crippen LogP contribution is 2.15. The van der Waals surface area contributed by atoms with Gasteiger partial charge in [0.2, 0.25) is 0 Å². The van der Waals surface area contributed by atoms with Gasteiger partial charge in [-0.2, -0.15) is 0 Å². The Hall–Kier alpha value is -2.74. The minimum Gasteiger partial charge on any atom is -0.391 e. The van der Waals surface area contributed by atoms with Gasteiger partial charge in [0, 0.05) is 4.92 Å². The molecular formula is C16H16N2O5S. The minimum absolute atomic E-state index is 0.0899. The highest BCUT2D eigenvalue weighted by atomic mass is 32.2. The highest BCUT2D eigenvalue weighted by Gasteiger charge is 2.36. The molecule has 24 heavy (non-hydrogen) atoms. The Morgan fingerprint density at radius 1 is 1.17 bits per heavy atom. The number of oxime groups is 1. The molecule has 8 heteroatoms. The zero-order valence-corrected chi connectivity index (χ0v) is 13.7. The van der Waals surface area contributed by atoms with Crippen LogP contribution < -0.4 is 0 Å². The lowest BCUT2D eigenvalue weighted by Gasteiger charge is -2.06. The molecule has 0 saturated carbocycles. The molecular weight excluding hydrogens is 332 g/mol. The Bertz CT molecular complexity index is 817. The van der Waals surface area contributed by atoms with Crippen molar-refractivity contribution in [1.29, 1.82) is 0 Å². The third kappa shape index (κ3) is 4.39. The van der Waals surface area contributed by atoms with E-state index in [1.54, 1.807) is 6.07 Å².